The number of amides is 1. The summed E-state index contributed by atoms with van der Waals surface area (Å²) in [5.74, 6) is 0.872. The molecule has 1 saturated carbocycles. The van der Waals surface area contributed by atoms with Gasteiger partial charge in [-0.1, -0.05) is 30.3 Å². The topological polar surface area (TPSA) is 32.3 Å². The van der Waals surface area contributed by atoms with Crippen LogP contribution in [0.3, 0.4) is 0 Å². The van der Waals surface area contributed by atoms with Crippen molar-refractivity contribution in [3.05, 3.63) is 35.9 Å². The van der Waals surface area contributed by atoms with Gasteiger partial charge in [-0.15, -0.1) is 0 Å². The average Bonchev–Trinajstić information content (AvgIpc) is 3.31. The largest absolute Gasteiger partial charge is 0.352 e. The fourth-order valence-electron chi connectivity index (χ4n) is 3.06. The second-order valence-corrected chi connectivity index (χ2v) is 6.18. The third kappa shape index (κ3) is 3.21. The molecule has 2 fully saturated rings. The predicted molar refractivity (Wildman–Crippen MR) is 80.6 cm³/mol. The molecule has 0 radical (unpaired) electrons. The highest BCUT2D eigenvalue weighted by Crippen LogP contribution is 2.28. The van der Waals surface area contributed by atoms with Crippen molar-refractivity contribution in [2.75, 3.05) is 13.1 Å². The van der Waals surface area contributed by atoms with E-state index in [1.54, 1.807) is 0 Å². The summed E-state index contributed by atoms with van der Waals surface area (Å²) in [4.78, 5) is 14.4. The van der Waals surface area contributed by atoms with Gasteiger partial charge in [-0.05, 0) is 57.2 Å². The lowest BCUT2D eigenvalue weighted by Gasteiger charge is -2.35. The average molecular weight is 272 g/mol. The molecular weight excluding hydrogens is 248 g/mol. The van der Waals surface area contributed by atoms with Gasteiger partial charge in [0.05, 0.1) is 6.04 Å². The molecule has 0 aromatic heterocycles. The number of hydrogen-bond acceptors (Lipinski definition) is 2. The van der Waals surface area contributed by atoms with E-state index in [1.165, 1.54) is 5.56 Å². The minimum Gasteiger partial charge on any atom is -0.352 e. The Hall–Kier alpha value is -1.35. The van der Waals surface area contributed by atoms with E-state index >= 15 is 0 Å². The molecule has 1 amide bonds. The predicted octanol–water partition coefficient (Wildman–Crippen LogP) is 2.53. The van der Waals surface area contributed by atoms with Crippen molar-refractivity contribution in [1.29, 1.82) is 0 Å². The van der Waals surface area contributed by atoms with E-state index in [0.29, 0.717) is 12.0 Å². The molecule has 1 saturated heterocycles. The van der Waals surface area contributed by atoms with Crippen LogP contribution in [0, 0.1) is 0 Å². The van der Waals surface area contributed by atoms with Gasteiger partial charge >= 0.3 is 0 Å². The molecule has 1 heterocycles. The van der Waals surface area contributed by atoms with Crippen LogP contribution in [-0.4, -0.2) is 36.0 Å². The molecule has 1 unspecified atom stereocenters. The Balaban J connectivity index is 1.51. The van der Waals surface area contributed by atoms with Crippen molar-refractivity contribution >= 4 is 5.91 Å². The van der Waals surface area contributed by atoms with Crippen LogP contribution in [0.25, 0.3) is 0 Å². The number of carbonyl (C=O) groups is 1. The molecular formula is C17H24N2O. The first-order valence-corrected chi connectivity index (χ1v) is 7.83. The lowest BCUT2D eigenvalue weighted by atomic mass is 9.89. The van der Waals surface area contributed by atoms with Crippen LogP contribution in [-0.2, 0) is 4.79 Å². The standard InChI is InChI=1S/C17H24N2O/c1-13(17(20)18-16-7-8-16)19-11-9-15(10-12-19)14-5-3-2-4-6-14/h2-6,13,15-16H,7-12H2,1H3,(H,18,20). The van der Waals surface area contributed by atoms with Gasteiger partial charge in [-0.2, -0.15) is 0 Å². The Morgan fingerprint density at radius 1 is 1.15 bits per heavy atom. The quantitative estimate of drug-likeness (QED) is 0.913. The Labute approximate surface area is 121 Å². The molecule has 3 nitrogen and oxygen atoms in total. The summed E-state index contributed by atoms with van der Waals surface area (Å²) >= 11 is 0. The second kappa shape index (κ2) is 5.96. The highest BCUT2D eigenvalue weighted by molar-refractivity contribution is 5.81. The van der Waals surface area contributed by atoms with E-state index in [9.17, 15) is 4.79 Å². The lowest BCUT2D eigenvalue weighted by Crippen LogP contribution is -2.48. The van der Waals surface area contributed by atoms with E-state index in [1.807, 2.05) is 6.92 Å². The van der Waals surface area contributed by atoms with Crippen LogP contribution in [0.4, 0.5) is 0 Å². The van der Waals surface area contributed by atoms with Crippen molar-refractivity contribution in [2.45, 2.75) is 50.6 Å². The van der Waals surface area contributed by atoms with Crippen LogP contribution in [0.2, 0.25) is 0 Å². The summed E-state index contributed by atoms with van der Waals surface area (Å²) in [6, 6.07) is 11.2. The Morgan fingerprint density at radius 2 is 1.80 bits per heavy atom. The number of nitrogens with one attached hydrogen (secondary N) is 1. The van der Waals surface area contributed by atoms with Gasteiger partial charge in [0.2, 0.25) is 5.91 Å². The first kappa shape index (κ1) is 13.6. The lowest BCUT2D eigenvalue weighted by molar-refractivity contribution is -0.126. The summed E-state index contributed by atoms with van der Waals surface area (Å²) in [5, 5.41) is 3.11. The zero-order chi connectivity index (χ0) is 13.9. The van der Waals surface area contributed by atoms with E-state index < -0.39 is 0 Å². The number of nitrogens with zero attached hydrogens (tertiary/aromatic N) is 1. The van der Waals surface area contributed by atoms with Crippen LogP contribution in [0.5, 0.6) is 0 Å². The number of rotatable bonds is 4. The Kier molecular flexibility index (Phi) is 4.06. The molecule has 0 bridgehead atoms. The third-order valence-electron chi connectivity index (χ3n) is 4.65. The maximum atomic E-state index is 12.1. The highest BCUT2D eigenvalue weighted by Gasteiger charge is 2.30. The van der Waals surface area contributed by atoms with Crippen LogP contribution >= 0.6 is 0 Å². The molecule has 1 aromatic carbocycles. The summed E-state index contributed by atoms with van der Waals surface area (Å²) in [7, 11) is 0. The van der Waals surface area contributed by atoms with Crippen molar-refractivity contribution in [3.63, 3.8) is 0 Å². The summed E-state index contributed by atoms with van der Waals surface area (Å²) in [5.41, 5.74) is 1.45. The Morgan fingerprint density at radius 3 is 2.40 bits per heavy atom. The number of piperidine rings is 1. The molecule has 108 valence electrons. The second-order valence-electron chi connectivity index (χ2n) is 6.18. The normalized spacial score (nSPS) is 22.4. The van der Waals surface area contributed by atoms with Gasteiger partial charge in [-0.25, -0.2) is 0 Å². The maximum absolute atomic E-state index is 12.1. The SMILES string of the molecule is CC(C(=O)NC1CC1)N1CCC(c2ccccc2)CC1. The molecule has 1 aliphatic carbocycles. The minimum atomic E-state index is 0.0207. The van der Waals surface area contributed by atoms with Gasteiger partial charge in [0.15, 0.2) is 0 Å². The van der Waals surface area contributed by atoms with E-state index in [4.69, 9.17) is 0 Å². The molecule has 1 aromatic rings. The number of hydrogen-bond donors (Lipinski definition) is 1. The Bertz CT molecular complexity index is 447. The molecule has 3 rings (SSSR count). The van der Waals surface area contributed by atoms with Crippen LogP contribution in [0.15, 0.2) is 30.3 Å². The van der Waals surface area contributed by atoms with Crippen molar-refractivity contribution in [1.82, 2.24) is 10.2 Å². The molecule has 20 heavy (non-hydrogen) atoms. The van der Waals surface area contributed by atoms with Crippen molar-refractivity contribution in [3.8, 4) is 0 Å². The molecule has 0 spiro atoms. The third-order valence-corrected chi connectivity index (χ3v) is 4.65. The van der Waals surface area contributed by atoms with E-state index in [0.717, 1.165) is 38.8 Å². The van der Waals surface area contributed by atoms with Gasteiger partial charge in [0, 0.05) is 6.04 Å². The van der Waals surface area contributed by atoms with E-state index in [2.05, 4.69) is 40.5 Å². The minimum absolute atomic E-state index is 0.0207. The van der Waals surface area contributed by atoms with Crippen LogP contribution < -0.4 is 5.32 Å². The molecule has 1 N–H and O–H groups in total. The smallest absolute Gasteiger partial charge is 0.237 e. The summed E-state index contributed by atoms with van der Waals surface area (Å²) in [6.45, 7) is 4.10. The monoisotopic (exact) mass is 272 g/mol. The fraction of sp³-hybridized carbons (Fsp3) is 0.588. The van der Waals surface area contributed by atoms with Gasteiger partial charge in [0.1, 0.15) is 0 Å². The number of benzene rings is 1. The molecule has 3 heteroatoms. The van der Waals surface area contributed by atoms with E-state index in [-0.39, 0.29) is 11.9 Å². The molecule has 1 aliphatic heterocycles. The van der Waals surface area contributed by atoms with Gasteiger partial charge < -0.3 is 5.32 Å². The molecule has 2 aliphatic rings. The van der Waals surface area contributed by atoms with Gasteiger partial charge in [-0.3, -0.25) is 9.69 Å². The summed E-state index contributed by atoms with van der Waals surface area (Å²) < 4.78 is 0. The zero-order valence-corrected chi connectivity index (χ0v) is 12.2. The summed E-state index contributed by atoms with van der Waals surface area (Å²) in [6.07, 6.45) is 4.64. The first-order valence-electron chi connectivity index (χ1n) is 7.83. The number of likely N-dealkylation sites (tertiary alicyclic amines) is 1. The number of carbonyl (C=O) groups excluding carboxylic acids is 1. The van der Waals surface area contributed by atoms with Gasteiger partial charge in [0.25, 0.3) is 0 Å². The maximum Gasteiger partial charge on any atom is 0.237 e. The van der Waals surface area contributed by atoms with Crippen molar-refractivity contribution in [2.24, 2.45) is 0 Å². The fourth-order valence-corrected chi connectivity index (χ4v) is 3.06. The zero-order valence-electron chi connectivity index (χ0n) is 12.2. The van der Waals surface area contributed by atoms with Crippen LogP contribution in [0.1, 0.15) is 44.1 Å². The highest BCUT2D eigenvalue weighted by atomic mass is 16.2. The van der Waals surface area contributed by atoms with Crippen molar-refractivity contribution < 1.29 is 4.79 Å². The molecule has 1 atom stereocenters. The first-order chi connectivity index (χ1) is 9.74.